The summed E-state index contributed by atoms with van der Waals surface area (Å²) >= 11 is 6.62. The van der Waals surface area contributed by atoms with Gasteiger partial charge in [-0.3, -0.25) is 4.98 Å². The van der Waals surface area contributed by atoms with E-state index in [1.807, 2.05) is 0 Å². The van der Waals surface area contributed by atoms with Gasteiger partial charge in [-0.1, -0.05) is 15.9 Å². The average Bonchev–Trinajstić information content (AvgIpc) is 1.95. The van der Waals surface area contributed by atoms with Crippen LogP contribution in [0.4, 0.5) is 5.69 Å². The van der Waals surface area contributed by atoms with E-state index in [4.69, 9.17) is 5.73 Å². The molecule has 0 radical (unpaired) electrons. The number of pyridine rings is 1. The van der Waals surface area contributed by atoms with E-state index < -0.39 is 0 Å². The minimum atomic E-state index is 0.721. The molecule has 1 heterocycles. The summed E-state index contributed by atoms with van der Waals surface area (Å²) in [6.45, 7) is 0. The maximum Gasteiger partial charge on any atom is 0.0671 e. The van der Waals surface area contributed by atoms with Crippen LogP contribution in [0.15, 0.2) is 16.7 Å². The van der Waals surface area contributed by atoms with Crippen LogP contribution in [0, 0.1) is 0 Å². The van der Waals surface area contributed by atoms with Crippen molar-refractivity contribution in [2.24, 2.45) is 0 Å². The highest BCUT2D eigenvalue weighted by molar-refractivity contribution is 9.11. The smallest absolute Gasteiger partial charge is 0.0671 e. The summed E-state index contributed by atoms with van der Waals surface area (Å²) in [4.78, 5) is 4.08. The quantitative estimate of drug-likeness (QED) is 0.792. The van der Waals surface area contributed by atoms with E-state index in [1.165, 1.54) is 0 Å². The Labute approximate surface area is 76.1 Å². The molecule has 1 aromatic heterocycles. The molecule has 54 valence electrons. The van der Waals surface area contributed by atoms with Crippen LogP contribution in [-0.2, 0) is 5.33 Å². The maximum absolute atomic E-state index is 5.59. The molecular formula is C6H6Br2N2. The molecule has 2 nitrogen and oxygen atoms in total. The lowest BCUT2D eigenvalue weighted by atomic mass is 10.3. The lowest BCUT2D eigenvalue weighted by molar-refractivity contribution is 1.17. The zero-order chi connectivity index (χ0) is 7.56. The molecule has 0 bridgehead atoms. The summed E-state index contributed by atoms with van der Waals surface area (Å²) in [6.07, 6.45) is 1.69. The number of aromatic nitrogens is 1. The van der Waals surface area contributed by atoms with Crippen LogP contribution in [0.1, 0.15) is 5.69 Å². The van der Waals surface area contributed by atoms with Gasteiger partial charge in [0.05, 0.1) is 10.2 Å². The number of nitrogens with zero attached hydrogens (tertiary/aromatic N) is 1. The van der Waals surface area contributed by atoms with Crippen LogP contribution >= 0.6 is 31.9 Å². The van der Waals surface area contributed by atoms with Crippen molar-refractivity contribution in [1.82, 2.24) is 4.98 Å². The van der Waals surface area contributed by atoms with Crippen molar-refractivity contribution in [3.63, 3.8) is 0 Å². The van der Waals surface area contributed by atoms with Gasteiger partial charge in [-0.2, -0.15) is 0 Å². The predicted octanol–water partition coefficient (Wildman–Crippen LogP) is 2.32. The lowest BCUT2D eigenvalue weighted by Crippen LogP contribution is -1.92. The molecule has 10 heavy (non-hydrogen) atoms. The Morgan fingerprint density at radius 2 is 2.30 bits per heavy atom. The van der Waals surface area contributed by atoms with Gasteiger partial charge in [-0.15, -0.1) is 0 Å². The molecule has 0 aromatic carbocycles. The van der Waals surface area contributed by atoms with Crippen molar-refractivity contribution in [1.29, 1.82) is 0 Å². The molecule has 2 N–H and O–H groups in total. The normalized spacial score (nSPS) is 9.80. The van der Waals surface area contributed by atoms with E-state index in [-0.39, 0.29) is 0 Å². The molecule has 0 aliphatic rings. The Balaban J connectivity index is 3.14. The summed E-state index contributed by atoms with van der Waals surface area (Å²) in [7, 11) is 0. The number of hydrogen-bond acceptors (Lipinski definition) is 2. The summed E-state index contributed by atoms with van der Waals surface area (Å²) in [5.74, 6) is 0. The topological polar surface area (TPSA) is 38.9 Å². The van der Waals surface area contributed by atoms with E-state index in [2.05, 4.69) is 36.8 Å². The highest BCUT2D eigenvalue weighted by atomic mass is 79.9. The summed E-state index contributed by atoms with van der Waals surface area (Å²) in [6, 6.07) is 1.76. The molecule has 0 atom stereocenters. The Kier molecular flexibility index (Phi) is 2.68. The molecule has 0 aliphatic heterocycles. The molecular weight excluding hydrogens is 260 g/mol. The summed E-state index contributed by atoms with van der Waals surface area (Å²) in [5, 5.41) is 0.721. The number of nitrogens with two attached hydrogens (primary N) is 1. The van der Waals surface area contributed by atoms with Gasteiger partial charge in [-0.05, 0) is 22.0 Å². The van der Waals surface area contributed by atoms with Gasteiger partial charge in [0, 0.05) is 17.2 Å². The molecule has 0 amide bonds. The Hall–Kier alpha value is -0.0900. The largest absolute Gasteiger partial charge is 0.398 e. The first-order valence-corrected chi connectivity index (χ1v) is 4.62. The molecule has 0 unspecified atom stereocenters. The minimum Gasteiger partial charge on any atom is -0.398 e. The number of rotatable bonds is 1. The molecule has 1 aromatic rings. The highest BCUT2D eigenvalue weighted by Gasteiger charge is 2.00. The number of hydrogen-bond donors (Lipinski definition) is 1. The third-order valence-corrected chi connectivity index (χ3v) is 2.56. The standard InChI is InChI=1S/C6H6Br2N2/c7-3-5-6(8)4(9)1-2-10-5/h1-2H,3H2,(H2,9,10). The minimum absolute atomic E-state index is 0.721. The van der Waals surface area contributed by atoms with Crippen LogP contribution in [0.5, 0.6) is 0 Å². The summed E-state index contributed by atoms with van der Waals surface area (Å²) < 4.78 is 0.881. The SMILES string of the molecule is Nc1ccnc(CBr)c1Br. The molecule has 4 heteroatoms. The van der Waals surface area contributed by atoms with Gasteiger partial charge < -0.3 is 5.73 Å². The number of nitrogen functional groups attached to an aromatic ring is 1. The van der Waals surface area contributed by atoms with Crippen molar-refractivity contribution in [3.05, 3.63) is 22.4 Å². The Bertz CT molecular complexity index is 237. The van der Waals surface area contributed by atoms with Crippen molar-refractivity contribution in [2.75, 3.05) is 5.73 Å². The van der Waals surface area contributed by atoms with Gasteiger partial charge >= 0.3 is 0 Å². The third kappa shape index (κ3) is 1.49. The van der Waals surface area contributed by atoms with Gasteiger partial charge in [0.15, 0.2) is 0 Å². The van der Waals surface area contributed by atoms with Crippen LogP contribution in [0.2, 0.25) is 0 Å². The zero-order valence-electron chi connectivity index (χ0n) is 5.14. The maximum atomic E-state index is 5.59. The van der Waals surface area contributed by atoms with Gasteiger partial charge in [-0.25, -0.2) is 0 Å². The second kappa shape index (κ2) is 3.34. The first-order chi connectivity index (χ1) is 4.75. The van der Waals surface area contributed by atoms with E-state index >= 15 is 0 Å². The van der Waals surface area contributed by atoms with Crippen molar-refractivity contribution < 1.29 is 0 Å². The first-order valence-electron chi connectivity index (χ1n) is 2.70. The van der Waals surface area contributed by atoms with Crippen molar-refractivity contribution in [3.8, 4) is 0 Å². The van der Waals surface area contributed by atoms with E-state index in [0.717, 1.165) is 21.2 Å². The molecule has 0 fully saturated rings. The van der Waals surface area contributed by atoms with E-state index in [1.54, 1.807) is 12.3 Å². The molecule has 1 rings (SSSR count). The van der Waals surface area contributed by atoms with Crippen LogP contribution in [-0.4, -0.2) is 4.98 Å². The Morgan fingerprint density at radius 3 is 2.80 bits per heavy atom. The van der Waals surface area contributed by atoms with E-state index in [0.29, 0.717) is 0 Å². The second-order valence-corrected chi connectivity index (χ2v) is 3.15. The monoisotopic (exact) mass is 264 g/mol. The van der Waals surface area contributed by atoms with Gasteiger partial charge in [0.25, 0.3) is 0 Å². The molecule has 0 saturated heterocycles. The average molecular weight is 266 g/mol. The van der Waals surface area contributed by atoms with E-state index in [9.17, 15) is 0 Å². The van der Waals surface area contributed by atoms with Crippen LogP contribution < -0.4 is 5.73 Å². The summed E-state index contributed by atoms with van der Waals surface area (Å²) in [5.41, 5.74) is 7.25. The fourth-order valence-corrected chi connectivity index (χ4v) is 1.77. The van der Waals surface area contributed by atoms with Crippen molar-refractivity contribution in [2.45, 2.75) is 5.33 Å². The van der Waals surface area contributed by atoms with Crippen LogP contribution in [0.3, 0.4) is 0 Å². The number of anilines is 1. The molecule has 0 saturated carbocycles. The fourth-order valence-electron chi connectivity index (χ4n) is 0.597. The number of alkyl halides is 1. The van der Waals surface area contributed by atoms with Gasteiger partial charge in [0.1, 0.15) is 0 Å². The zero-order valence-corrected chi connectivity index (χ0v) is 8.31. The van der Waals surface area contributed by atoms with Gasteiger partial charge in [0.2, 0.25) is 0 Å². The fraction of sp³-hybridized carbons (Fsp3) is 0.167. The second-order valence-electron chi connectivity index (χ2n) is 1.79. The third-order valence-electron chi connectivity index (χ3n) is 1.12. The number of halogens is 2. The molecule has 0 spiro atoms. The molecule has 0 aliphatic carbocycles. The van der Waals surface area contributed by atoms with Crippen molar-refractivity contribution >= 4 is 37.5 Å². The lowest BCUT2D eigenvalue weighted by Gasteiger charge is -2.00. The van der Waals surface area contributed by atoms with Crippen LogP contribution in [0.25, 0.3) is 0 Å². The first kappa shape index (κ1) is 8.01. The predicted molar refractivity (Wildman–Crippen MR) is 49.0 cm³/mol. The Morgan fingerprint density at radius 1 is 1.60 bits per heavy atom. The highest BCUT2D eigenvalue weighted by Crippen LogP contribution is 2.22.